The second kappa shape index (κ2) is 7.02. The molecule has 1 N–H and O–H groups in total. The van der Waals surface area contributed by atoms with Gasteiger partial charge in [0.15, 0.2) is 0 Å². The van der Waals surface area contributed by atoms with Gasteiger partial charge in [0.05, 0.1) is 6.26 Å². The fourth-order valence-corrected chi connectivity index (χ4v) is 4.36. The Bertz CT molecular complexity index is 572. The molecular weight excluding hydrogens is 595 g/mol. The standard InChI is InChI=1S/C10H10I3NO3S/c1-18(16,17)14-9(15)3-2-6-4-7(11)5-8(12)10(6)13/h4-5H,2-3H2,1H3,(H,14,15). The van der Waals surface area contributed by atoms with Gasteiger partial charge in [-0.25, -0.2) is 8.42 Å². The van der Waals surface area contributed by atoms with Crippen molar-refractivity contribution in [3.8, 4) is 0 Å². The van der Waals surface area contributed by atoms with Gasteiger partial charge in [-0.2, -0.15) is 0 Å². The molecule has 0 aliphatic carbocycles. The average molecular weight is 605 g/mol. The summed E-state index contributed by atoms with van der Waals surface area (Å²) in [5, 5.41) is 0. The number of carbonyl (C=O) groups excluding carboxylic acids is 1. The van der Waals surface area contributed by atoms with E-state index in [0.29, 0.717) is 6.42 Å². The Balaban J connectivity index is 2.73. The SMILES string of the molecule is CS(=O)(=O)NC(=O)CCc1cc(I)cc(I)c1I. The van der Waals surface area contributed by atoms with Crippen LogP contribution >= 0.6 is 67.8 Å². The topological polar surface area (TPSA) is 63.2 Å². The zero-order valence-electron chi connectivity index (χ0n) is 9.34. The van der Waals surface area contributed by atoms with Gasteiger partial charge in [-0.05, 0) is 91.9 Å². The number of hydrogen-bond acceptors (Lipinski definition) is 3. The monoisotopic (exact) mass is 605 g/mol. The van der Waals surface area contributed by atoms with E-state index < -0.39 is 15.9 Å². The summed E-state index contributed by atoms with van der Waals surface area (Å²) in [4.78, 5) is 11.4. The molecule has 0 bridgehead atoms. The number of hydrogen-bond donors (Lipinski definition) is 1. The summed E-state index contributed by atoms with van der Waals surface area (Å²) < 4.78 is 27.1. The van der Waals surface area contributed by atoms with Crippen molar-refractivity contribution in [3.63, 3.8) is 0 Å². The minimum absolute atomic E-state index is 0.166. The lowest BCUT2D eigenvalue weighted by Gasteiger charge is -2.07. The van der Waals surface area contributed by atoms with Gasteiger partial charge in [-0.3, -0.25) is 9.52 Å². The van der Waals surface area contributed by atoms with E-state index in [9.17, 15) is 13.2 Å². The van der Waals surface area contributed by atoms with E-state index in [1.54, 1.807) is 0 Å². The molecule has 0 atom stereocenters. The van der Waals surface area contributed by atoms with E-state index in [1.165, 1.54) is 0 Å². The Labute approximate surface area is 147 Å². The number of sulfonamides is 1. The van der Waals surface area contributed by atoms with E-state index in [4.69, 9.17) is 0 Å². The number of nitrogens with one attached hydrogen (secondary N) is 1. The molecule has 100 valence electrons. The average Bonchev–Trinajstić information content (AvgIpc) is 2.18. The molecule has 0 saturated carbocycles. The first kappa shape index (κ1) is 16.9. The Hall–Kier alpha value is 0.830. The molecular formula is C10H10I3NO3S. The molecule has 1 aromatic rings. The Morgan fingerprint density at radius 3 is 2.44 bits per heavy atom. The maximum absolute atomic E-state index is 11.4. The summed E-state index contributed by atoms with van der Waals surface area (Å²) in [6.07, 6.45) is 1.68. The van der Waals surface area contributed by atoms with Crippen LogP contribution in [0.25, 0.3) is 0 Å². The van der Waals surface area contributed by atoms with Crippen molar-refractivity contribution < 1.29 is 13.2 Å². The largest absolute Gasteiger partial charge is 0.274 e. The number of rotatable bonds is 4. The van der Waals surface area contributed by atoms with Gasteiger partial charge in [0.2, 0.25) is 15.9 Å². The normalized spacial score (nSPS) is 11.3. The molecule has 0 radical (unpaired) electrons. The Morgan fingerprint density at radius 1 is 1.28 bits per heavy atom. The Morgan fingerprint density at radius 2 is 1.89 bits per heavy atom. The molecule has 0 unspecified atom stereocenters. The molecule has 0 fully saturated rings. The van der Waals surface area contributed by atoms with Crippen LogP contribution in [0.1, 0.15) is 12.0 Å². The molecule has 0 aliphatic rings. The predicted molar refractivity (Wildman–Crippen MR) is 95.9 cm³/mol. The van der Waals surface area contributed by atoms with Crippen molar-refractivity contribution in [2.75, 3.05) is 6.26 Å². The summed E-state index contributed by atoms with van der Waals surface area (Å²) >= 11 is 6.70. The number of halogens is 3. The molecule has 0 spiro atoms. The zero-order valence-corrected chi connectivity index (χ0v) is 16.6. The van der Waals surface area contributed by atoms with Crippen LogP contribution in [0, 0.1) is 10.7 Å². The van der Waals surface area contributed by atoms with Crippen molar-refractivity contribution in [2.45, 2.75) is 12.8 Å². The second-order valence-electron chi connectivity index (χ2n) is 3.66. The summed E-state index contributed by atoms with van der Waals surface area (Å²) in [6, 6.07) is 4.07. The number of aryl methyl sites for hydroxylation is 1. The molecule has 0 aliphatic heterocycles. The van der Waals surface area contributed by atoms with Crippen molar-refractivity contribution in [2.24, 2.45) is 0 Å². The van der Waals surface area contributed by atoms with Gasteiger partial charge in [0, 0.05) is 17.1 Å². The maximum Gasteiger partial charge on any atom is 0.233 e. The third-order valence-electron chi connectivity index (χ3n) is 1.99. The summed E-state index contributed by atoms with van der Waals surface area (Å²) in [5.41, 5.74) is 1.07. The first-order valence-electron chi connectivity index (χ1n) is 4.83. The van der Waals surface area contributed by atoms with E-state index in [-0.39, 0.29) is 6.42 Å². The molecule has 4 nitrogen and oxygen atoms in total. The van der Waals surface area contributed by atoms with Crippen LogP contribution in [0.3, 0.4) is 0 Å². The van der Waals surface area contributed by atoms with Gasteiger partial charge in [0.1, 0.15) is 0 Å². The molecule has 1 aromatic carbocycles. The molecule has 8 heteroatoms. The number of amides is 1. The smallest absolute Gasteiger partial charge is 0.233 e. The highest BCUT2D eigenvalue weighted by atomic mass is 127. The van der Waals surface area contributed by atoms with Crippen molar-refractivity contribution >= 4 is 83.7 Å². The quantitative estimate of drug-likeness (QED) is 0.425. The van der Waals surface area contributed by atoms with Crippen LogP contribution < -0.4 is 4.72 Å². The van der Waals surface area contributed by atoms with Crippen LogP contribution in [0.15, 0.2) is 12.1 Å². The van der Waals surface area contributed by atoms with Crippen molar-refractivity contribution in [1.82, 2.24) is 4.72 Å². The highest BCUT2D eigenvalue weighted by molar-refractivity contribution is 14.1. The molecule has 0 heterocycles. The summed E-state index contributed by atoms with van der Waals surface area (Å²) in [6.45, 7) is 0. The summed E-state index contributed by atoms with van der Waals surface area (Å²) in [7, 11) is -3.46. The van der Waals surface area contributed by atoms with Gasteiger partial charge >= 0.3 is 0 Å². The number of benzene rings is 1. The van der Waals surface area contributed by atoms with Crippen LogP contribution in [0.5, 0.6) is 0 Å². The molecule has 1 amide bonds. The molecule has 1 rings (SSSR count). The lowest BCUT2D eigenvalue weighted by atomic mass is 10.1. The van der Waals surface area contributed by atoms with E-state index >= 15 is 0 Å². The first-order valence-corrected chi connectivity index (χ1v) is 9.96. The van der Waals surface area contributed by atoms with Crippen molar-refractivity contribution in [3.05, 3.63) is 28.4 Å². The van der Waals surface area contributed by atoms with Crippen LogP contribution in [0.4, 0.5) is 0 Å². The minimum Gasteiger partial charge on any atom is -0.274 e. The van der Waals surface area contributed by atoms with E-state index in [1.807, 2.05) is 10.8 Å². The lowest BCUT2D eigenvalue weighted by Crippen LogP contribution is -2.29. The van der Waals surface area contributed by atoms with Gasteiger partial charge in [-0.15, -0.1) is 0 Å². The molecule has 18 heavy (non-hydrogen) atoms. The zero-order chi connectivity index (χ0) is 13.9. The minimum atomic E-state index is -3.46. The third-order valence-corrected chi connectivity index (χ3v) is 6.37. The first-order chi connectivity index (χ1) is 8.19. The second-order valence-corrected chi connectivity index (χ2v) is 8.89. The van der Waals surface area contributed by atoms with Crippen LogP contribution in [0.2, 0.25) is 0 Å². The van der Waals surface area contributed by atoms with Crippen LogP contribution in [-0.4, -0.2) is 20.6 Å². The fourth-order valence-electron chi connectivity index (χ4n) is 1.30. The predicted octanol–water partition coefficient (Wildman–Crippen LogP) is 2.51. The van der Waals surface area contributed by atoms with Crippen molar-refractivity contribution in [1.29, 1.82) is 0 Å². The van der Waals surface area contributed by atoms with Crippen LogP contribution in [-0.2, 0) is 21.2 Å². The number of carbonyl (C=O) groups is 1. The summed E-state index contributed by atoms with van der Waals surface area (Å²) in [5.74, 6) is -0.470. The molecule has 0 saturated heterocycles. The van der Waals surface area contributed by atoms with Gasteiger partial charge in [0.25, 0.3) is 0 Å². The van der Waals surface area contributed by atoms with Gasteiger partial charge in [-0.1, -0.05) is 0 Å². The van der Waals surface area contributed by atoms with E-state index in [2.05, 4.69) is 73.8 Å². The molecule has 0 aromatic heterocycles. The lowest BCUT2D eigenvalue weighted by molar-refractivity contribution is -0.119. The highest BCUT2D eigenvalue weighted by Crippen LogP contribution is 2.23. The third kappa shape index (κ3) is 5.86. The van der Waals surface area contributed by atoms with Gasteiger partial charge < -0.3 is 0 Å². The fraction of sp³-hybridized carbons (Fsp3) is 0.300. The van der Waals surface area contributed by atoms with E-state index in [0.717, 1.165) is 22.5 Å². The highest BCUT2D eigenvalue weighted by Gasteiger charge is 2.11. The maximum atomic E-state index is 11.4. The Kier molecular flexibility index (Phi) is 6.58.